The standard InChI is InChI=1S/C22H36N4O2/c1-18-15-20(9-12-26(18)16-19-7-5-4-6-8-19)25-21(23-2)24-17-22(27-3)10-13-28-14-11-22/h4-8,18,20H,9-17H2,1-3H3,(H2,23,24,25). The normalized spacial score (nSPS) is 26.0. The molecule has 0 radical (unpaired) electrons. The SMILES string of the molecule is CN=C(NCC1(OC)CCOCC1)NC1CCN(Cc2ccccc2)C(C)C1. The third-order valence-corrected chi connectivity index (χ3v) is 6.22. The van der Waals surface area contributed by atoms with Crippen LogP contribution in [0.1, 0.15) is 38.2 Å². The van der Waals surface area contributed by atoms with Crippen LogP contribution in [0.25, 0.3) is 0 Å². The van der Waals surface area contributed by atoms with Crippen molar-refractivity contribution in [2.45, 2.75) is 56.8 Å². The molecule has 28 heavy (non-hydrogen) atoms. The van der Waals surface area contributed by atoms with Gasteiger partial charge >= 0.3 is 0 Å². The van der Waals surface area contributed by atoms with Gasteiger partial charge in [0.1, 0.15) is 0 Å². The minimum Gasteiger partial charge on any atom is -0.381 e. The molecule has 2 saturated heterocycles. The number of hydrogen-bond donors (Lipinski definition) is 2. The monoisotopic (exact) mass is 388 g/mol. The van der Waals surface area contributed by atoms with Crippen LogP contribution in [-0.4, -0.2) is 69.0 Å². The Balaban J connectivity index is 1.46. The average molecular weight is 389 g/mol. The Morgan fingerprint density at radius 1 is 1.29 bits per heavy atom. The zero-order valence-corrected chi connectivity index (χ0v) is 17.6. The van der Waals surface area contributed by atoms with Gasteiger partial charge in [-0.15, -0.1) is 0 Å². The molecule has 0 aliphatic carbocycles. The number of piperidine rings is 1. The van der Waals surface area contributed by atoms with Crippen molar-refractivity contribution < 1.29 is 9.47 Å². The van der Waals surface area contributed by atoms with E-state index in [9.17, 15) is 0 Å². The molecule has 0 saturated carbocycles. The second-order valence-corrected chi connectivity index (χ2v) is 8.10. The second-order valence-electron chi connectivity index (χ2n) is 8.10. The minimum atomic E-state index is -0.151. The molecule has 2 aliphatic rings. The van der Waals surface area contributed by atoms with Crippen molar-refractivity contribution in [3.8, 4) is 0 Å². The smallest absolute Gasteiger partial charge is 0.191 e. The van der Waals surface area contributed by atoms with E-state index in [1.54, 1.807) is 7.11 Å². The molecule has 1 aromatic carbocycles. The summed E-state index contributed by atoms with van der Waals surface area (Å²) in [5.41, 5.74) is 1.24. The molecular formula is C22H36N4O2. The molecule has 0 amide bonds. The molecule has 2 aliphatic heterocycles. The number of guanidine groups is 1. The van der Waals surface area contributed by atoms with E-state index in [-0.39, 0.29) is 5.60 Å². The first kappa shape index (κ1) is 21.1. The van der Waals surface area contributed by atoms with E-state index < -0.39 is 0 Å². The van der Waals surface area contributed by atoms with Crippen LogP contribution < -0.4 is 10.6 Å². The summed E-state index contributed by atoms with van der Waals surface area (Å²) in [6.07, 6.45) is 4.09. The molecule has 2 fully saturated rings. The van der Waals surface area contributed by atoms with Crippen molar-refractivity contribution in [2.24, 2.45) is 4.99 Å². The number of rotatable bonds is 6. The Kier molecular flexibility index (Phi) is 7.71. The van der Waals surface area contributed by atoms with Gasteiger partial charge in [-0.25, -0.2) is 0 Å². The lowest BCUT2D eigenvalue weighted by atomic mass is 9.94. The molecule has 0 spiro atoms. The van der Waals surface area contributed by atoms with E-state index >= 15 is 0 Å². The van der Waals surface area contributed by atoms with Crippen molar-refractivity contribution >= 4 is 5.96 Å². The number of aliphatic imine (C=N–C) groups is 1. The number of ether oxygens (including phenoxy) is 2. The van der Waals surface area contributed by atoms with Crippen molar-refractivity contribution in [1.29, 1.82) is 0 Å². The summed E-state index contributed by atoms with van der Waals surface area (Å²) in [7, 11) is 3.64. The van der Waals surface area contributed by atoms with Crippen LogP contribution in [0.4, 0.5) is 0 Å². The van der Waals surface area contributed by atoms with Crippen LogP contribution in [-0.2, 0) is 16.0 Å². The molecule has 3 rings (SSSR count). The number of methoxy groups -OCH3 is 1. The molecule has 0 bridgehead atoms. The summed E-state index contributed by atoms with van der Waals surface area (Å²) in [6, 6.07) is 11.7. The molecule has 2 unspecified atom stereocenters. The third kappa shape index (κ3) is 5.69. The van der Waals surface area contributed by atoms with Gasteiger partial charge in [0.2, 0.25) is 0 Å². The maximum Gasteiger partial charge on any atom is 0.191 e. The lowest BCUT2D eigenvalue weighted by Gasteiger charge is -2.39. The fourth-order valence-electron chi connectivity index (χ4n) is 4.23. The van der Waals surface area contributed by atoms with E-state index in [0.29, 0.717) is 12.1 Å². The quantitative estimate of drug-likeness (QED) is 0.579. The summed E-state index contributed by atoms with van der Waals surface area (Å²) in [5.74, 6) is 0.872. The number of hydrogen-bond acceptors (Lipinski definition) is 4. The summed E-state index contributed by atoms with van der Waals surface area (Å²) < 4.78 is 11.3. The zero-order valence-electron chi connectivity index (χ0n) is 17.6. The van der Waals surface area contributed by atoms with Gasteiger partial charge in [0.15, 0.2) is 5.96 Å². The fraction of sp³-hybridized carbons (Fsp3) is 0.682. The molecule has 1 aromatic rings. The molecule has 2 atom stereocenters. The maximum absolute atomic E-state index is 5.82. The third-order valence-electron chi connectivity index (χ3n) is 6.22. The number of nitrogens with one attached hydrogen (secondary N) is 2. The molecule has 6 nitrogen and oxygen atoms in total. The first-order valence-electron chi connectivity index (χ1n) is 10.5. The van der Waals surface area contributed by atoms with Crippen LogP contribution in [0, 0.1) is 0 Å². The molecule has 2 heterocycles. The Morgan fingerprint density at radius 2 is 2.04 bits per heavy atom. The molecule has 156 valence electrons. The first-order valence-corrected chi connectivity index (χ1v) is 10.5. The van der Waals surface area contributed by atoms with Gasteiger partial charge in [0, 0.05) is 71.9 Å². The highest BCUT2D eigenvalue weighted by Gasteiger charge is 2.33. The van der Waals surface area contributed by atoms with Gasteiger partial charge in [-0.1, -0.05) is 30.3 Å². The van der Waals surface area contributed by atoms with Crippen LogP contribution in [0.3, 0.4) is 0 Å². The van der Waals surface area contributed by atoms with Gasteiger partial charge < -0.3 is 20.1 Å². The lowest BCUT2D eigenvalue weighted by Crippen LogP contribution is -2.54. The van der Waals surface area contributed by atoms with Gasteiger partial charge in [0.05, 0.1) is 5.60 Å². The first-order chi connectivity index (χ1) is 13.6. The maximum atomic E-state index is 5.82. The summed E-state index contributed by atoms with van der Waals surface area (Å²) in [5, 5.41) is 7.12. The van der Waals surface area contributed by atoms with Crippen molar-refractivity contribution in [2.75, 3.05) is 40.5 Å². The topological polar surface area (TPSA) is 58.1 Å². The zero-order chi connectivity index (χ0) is 19.8. The van der Waals surface area contributed by atoms with E-state index in [4.69, 9.17) is 9.47 Å². The predicted octanol–water partition coefficient (Wildman–Crippen LogP) is 2.40. The van der Waals surface area contributed by atoms with E-state index in [0.717, 1.165) is 64.5 Å². The van der Waals surface area contributed by atoms with E-state index in [1.165, 1.54) is 5.56 Å². The van der Waals surface area contributed by atoms with Gasteiger partial charge in [0.25, 0.3) is 0 Å². The van der Waals surface area contributed by atoms with Gasteiger partial charge in [-0.2, -0.15) is 0 Å². The van der Waals surface area contributed by atoms with Gasteiger partial charge in [-0.3, -0.25) is 9.89 Å². The number of benzene rings is 1. The van der Waals surface area contributed by atoms with Crippen LogP contribution >= 0.6 is 0 Å². The highest BCUT2D eigenvalue weighted by atomic mass is 16.5. The molecule has 6 heteroatoms. The molecular weight excluding hydrogens is 352 g/mol. The second kappa shape index (κ2) is 10.2. The van der Waals surface area contributed by atoms with Gasteiger partial charge in [-0.05, 0) is 25.3 Å². The summed E-state index contributed by atoms with van der Waals surface area (Å²) in [4.78, 5) is 7.01. The van der Waals surface area contributed by atoms with Crippen LogP contribution in [0.5, 0.6) is 0 Å². The van der Waals surface area contributed by atoms with Crippen molar-refractivity contribution in [3.63, 3.8) is 0 Å². The highest BCUT2D eigenvalue weighted by Crippen LogP contribution is 2.24. The van der Waals surface area contributed by atoms with E-state index in [2.05, 4.69) is 57.8 Å². The van der Waals surface area contributed by atoms with Crippen molar-refractivity contribution in [1.82, 2.24) is 15.5 Å². The van der Waals surface area contributed by atoms with Crippen LogP contribution in [0.2, 0.25) is 0 Å². The highest BCUT2D eigenvalue weighted by molar-refractivity contribution is 5.80. The van der Waals surface area contributed by atoms with Crippen LogP contribution in [0.15, 0.2) is 35.3 Å². The summed E-state index contributed by atoms with van der Waals surface area (Å²) in [6.45, 7) is 6.74. The largest absolute Gasteiger partial charge is 0.381 e. The number of likely N-dealkylation sites (tertiary alicyclic amines) is 1. The number of nitrogens with zero attached hydrogens (tertiary/aromatic N) is 2. The van der Waals surface area contributed by atoms with Crippen molar-refractivity contribution in [3.05, 3.63) is 35.9 Å². The minimum absolute atomic E-state index is 0.151. The Hall–Kier alpha value is -1.63. The Labute approximate surface area is 169 Å². The summed E-state index contributed by atoms with van der Waals surface area (Å²) >= 11 is 0. The fourth-order valence-corrected chi connectivity index (χ4v) is 4.23. The molecule has 2 N–H and O–H groups in total. The molecule has 0 aromatic heterocycles. The van der Waals surface area contributed by atoms with E-state index in [1.807, 2.05) is 7.05 Å². The Morgan fingerprint density at radius 3 is 2.68 bits per heavy atom. The average Bonchev–Trinajstić information content (AvgIpc) is 2.74. The Bertz CT molecular complexity index is 616. The predicted molar refractivity (Wildman–Crippen MR) is 114 cm³/mol. The lowest BCUT2D eigenvalue weighted by molar-refractivity contribution is -0.0855.